The fourth-order valence-corrected chi connectivity index (χ4v) is 3.54. The molecule has 1 heterocycles. The smallest absolute Gasteiger partial charge is 0.382 e. The Hall–Kier alpha value is -2.94. The highest BCUT2D eigenvalue weighted by atomic mass is 19.4. The minimum atomic E-state index is -4.51. The maximum atomic E-state index is 13.2. The molecule has 166 valence electrons. The summed E-state index contributed by atoms with van der Waals surface area (Å²) >= 11 is 0. The number of rotatable bonds is 7. The number of benzene rings is 1. The van der Waals surface area contributed by atoms with Gasteiger partial charge in [0.2, 0.25) is 0 Å². The number of hydrogen-bond donors (Lipinski definition) is 1. The molecule has 1 aliphatic rings. The standard InChI is InChI=1S/C22H23F3N2O4/c1-2-31-12-4-11-26-20(29)17-13-16-18(5-3-6-19(16)28)27(21(17)30)15-9-7-14(8-10-15)22(23,24)25/h7-10,13H,2-6,11-12H2,1H3,(H,26,29). The van der Waals surface area contributed by atoms with E-state index in [4.69, 9.17) is 4.74 Å². The van der Waals surface area contributed by atoms with Crippen molar-refractivity contribution in [2.75, 3.05) is 19.8 Å². The van der Waals surface area contributed by atoms with E-state index in [1.807, 2.05) is 6.92 Å². The monoisotopic (exact) mass is 436 g/mol. The van der Waals surface area contributed by atoms with Crippen LogP contribution >= 0.6 is 0 Å². The Morgan fingerprint density at radius 3 is 2.52 bits per heavy atom. The van der Waals surface area contributed by atoms with Crippen molar-refractivity contribution >= 4 is 11.7 Å². The number of halogens is 3. The number of carbonyl (C=O) groups is 2. The van der Waals surface area contributed by atoms with E-state index in [1.165, 1.54) is 22.8 Å². The van der Waals surface area contributed by atoms with Crippen molar-refractivity contribution in [3.63, 3.8) is 0 Å². The molecule has 1 aromatic heterocycles. The van der Waals surface area contributed by atoms with Crippen LogP contribution in [0.25, 0.3) is 5.69 Å². The van der Waals surface area contributed by atoms with Gasteiger partial charge in [0.15, 0.2) is 5.78 Å². The van der Waals surface area contributed by atoms with E-state index in [1.54, 1.807) is 0 Å². The molecule has 0 bridgehead atoms. The van der Waals surface area contributed by atoms with Gasteiger partial charge in [0, 0.05) is 43.1 Å². The zero-order valence-electron chi connectivity index (χ0n) is 17.1. The van der Waals surface area contributed by atoms with E-state index in [0.717, 1.165) is 12.1 Å². The second kappa shape index (κ2) is 9.47. The molecule has 6 nitrogen and oxygen atoms in total. The quantitative estimate of drug-likeness (QED) is 0.674. The van der Waals surface area contributed by atoms with E-state index in [9.17, 15) is 27.6 Å². The summed E-state index contributed by atoms with van der Waals surface area (Å²) < 4.78 is 45.1. The van der Waals surface area contributed by atoms with Crippen molar-refractivity contribution in [3.8, 4) is 5.69 Å². The van der Waals surface area contributed by atoms with E-state index in [2.05, 4.69) is 5.32 Å². The van der Waals surface area contributed by atoms with Gasteiger partial charge in [0.1, 0.15) is 5.56 Å². The number of pyridine rings is 1. The van der Waals surface area contributed by atoms with Gasteiger partial charge in [0.25, 0.3) is 11.5 Å². The summed E-state index contributed by atoms with van der Waals surface area (Å²) in [5, 5.41) is 2.64. The van der Waals surface area contributed by atoms with Crippen molar-refractivity contribution in [3.05, 3.63) is 63.1 Å². The van der Waals surface area contributed by atoms with E-state index in [-0.39, 0.29) is 35.6 Å². The van der Waals surface area contributed by atoms with Gasteiger partial charge in [0.05, 0.1) is 5.56 Å². The molecule has 31 heavy (non-hydrogen) atoms. The van der Waals surface area contributed by atoms with E-state index in [0.29, 0.717) is 38.2 Å². The minimum Gasteiger partial charge on any atom is -0.382 e. The molecule has 0 aliphatic heterocycles. The Balaban J connectivity index is 2.01. The molecule has 1 aliphatic carbocycles. The zero-order chi connectivity index (χ0) is 22.6. The summed E-state index contributed by atoms with van der Waals surface area (Å²) in [6, 6.07) is 5.40. The SMILES string of the molecule is CCOCCCNC(=O)c1cc2c(n(-c3ccc(C(F)(F)F)cc3)c1=O)CCCC2=O. The Bertz CT molecular complexity index is 1030. The molecule has 0 radical (unpaired) electrons. The third kappa shape index (κ3) is 5.04. The number of aromatic nitrogens is 1. The highest BCUT2D eigenvalue weighted by Gasteiger charge is 2.31. The molecule has 0 fully saturated rings. The summed E-state index contributed by atoms with van der Waals surface area (Å²) in [5.74, 6) is -0.837. The summed E-state index contributed by atoms with van der Waals surface area (Å²) in [5.41, 5.74) is -0.896. The van der Waals surface area contributed by atoms with Gasteiger partial charge < -0.3 is 10.1 Å². The Labute approximate surface area is 177 Å². The van der Waals surface area contributed by atoms with Crippen LogP contribution < -0.4 is 10.9 Å². The van der Waals surface area contributed by atoms with Crippen molar-refractivity contribution in [1.29, 1.82) is 0 Å². The summed E-state index contributed by atoms with van der Waals surface area (Å²) in [6.07, 6.45) is -2.74. The molecule has 0 saturated carbocycles. The van der Waals surface area contributed by atoms with Crippen LogP contribution in [0.2, 0.25) is 0 Å². The van der Waals surface area contributed by atoms with Gasteiger partial charge in [-0.15, -0.1) is 0 Å². The average molecular weight is 436 g/mol. The van der Waals surface area contributed by atoms with Crippen LogP contribution in [0, 0.1) is 0 Å². The molecule has 3 rings (SSSR count). The topological polar surface area (TPSA) is 77.4 Å². The predicted molar refractivity (Wildman–Crippen MR) is 108 cm³/mol. The van der Waals surface area contributed by atoms with Gasteiger partial charge in [-0.05, 0) is 56.5 Å². The van der Waals surface area contributed by atoms with E-state index < -0.39 is 23.2 Å². The number of ether oxygens (including phenoxy) is 1. The maximum absolute atomic E-state index is 13.2. The first-order chi connectivity index (χ1) is 14.7. The van der Waals surface area contributed by atoms with Crippen LogP contribution in [0.3, 0.4) is 0 Å². The summed E-state index contributed by atoms with van der Waals surface area (Å²) in [4.78, 5) is 38.2. The van der Waals surface area contributed by atoms with Crippen molar-refractivity contribution in [2.45, 2.75) is 38.8 Å². The zero-order valence-corrected chi connectivity index (χ0v) is 17.1. The van der Waals surface area contributed by atoms with Crippen LogP contribution in [-0.2, 0) is 17.3 Å². The largest absolute Gasteiger partial charge is 0.416 e. The van der Waals surface area contributed by atoms with Crippen LogP contribution in [0.4, 0.5) is 13.2 Å². The molecular formula is C22H23F3N2O4. The van der Waals surface area contributed by atoms with Crippen LogP contribution in [0.15, 0.2) is 35.1 Å². The second-order valence-corrected chi connectivity index (χ2v) is 7.19. The normalized spacial score (nSPS) is 13.7. The maximum Gasteiger partial charge on any atom is 0.416 e. The first kappa shape index (κ1) is 22.7. The lowest BCUT2D eigenvalue weighted by Gasteiger charge is -2.22. The number of fused-ring (bicyclic) bond motifs is 1. The fraction of sp³-hybridized carbons (Fsp3) is 0.409. The molecule has 1 aromatic carbocycles. The molecule has 1 amide bonds. The van der Waals surface area contributed by atoms with Crippen LogP contribution in [0.1, 0.15) is 58.2 Å². The molecular weight excluding hydrogens is 413 g/mol. The fourth-order valence-electron chi connectivity index (χ4n) is 3.54. The minimum absolute atomic E-state index is 0.176. The number of Topliss-reactive ketones (excluding diaryl/α,β-unsaturated/α-hetero) is 1. The van der Waals surface area contributed by atoms with Gasteiger partial charge in [-0.25, -0.2) is 0 Å². The average Bonchev–Trinajstić information content (AvgIpc) is 2.73. The lowest BCUT2D eigenvalue weighted by atomic mass is 9.92. The number of amides is 1. The highest BCUT2D eigenvalue weighted by molar-refractivity contribution is 6.01. The predicted octanol–water partition coefficient (Wildman–Crippen LogP) is 3.53. The van der Waals surface area contributed by atoms with Crippen LogP contribution in [0.5, 0.6) is 0 Å². The summed E-state index contributed by atoms with van der Waals surface area (Å²) in [6.45, 7) is 3.14. The molecule has 0 atom stereocenters. The lowest BCUT2D eigenvalue weighted by Crippen LogP contribution is -2.36. The number of hydrogen-bond acceptors (Lipinski definition) is 4. The van der Waals surface area contributed by atoms with Gasteiger partial charge in [-0.3, -0.25) is 19.0 Å². The van der Waals surface area contributed by atoms with Gasteiger partial charge >= 0.3 is 6.18 Å². The number of ketones is 1. The Morgan fingerprint density at radius 1 is 1.16 bits per heavy atom. The molecule has 2 aromatic rings. The lowest BCUT2D eigenvalue weighted by molar-refractivity contribution is -0.137. The van der Waals surface area contributed by atoms with E-state index >= 15 is 0 Å². The van der Waals surface area contributed by atoms with Crippen LogP contribution in [-0.4, -0.2) is 36.0 Å². The van der Waals surface area contributed by atoms with Gasteiger partial charge in [-0.2, -0.15) is 13.2 Å². The number of carbonyl (C=O) groups excluding carboxylic acids is 2. The molecule has 0 spiro atoms. The molecule has 0 saturated heterocycles. The second-order valence-electron chi connectivity index (χ2n) is 7.19. The Kier molecular flexibility index (Phi) is 6.94. The van der Waals surface area contributed by atoms with Crippen molar-refractivity contribution in [2.24, 2.45) is 0 Å². The molecule has 9 heteroatoms. The number of nitrogens with one attached hydrogen (secondary N) is 1. The Morgan fingerprint density at radius 2 is 1.87 bits per heavy atom. The number of nitrogens with zero attached hydrogens (tertiary/aromatic N) is 1. The van der Waals surface area contributed by atoms with Gasteiger partial charge in [-0.1, -0.05) is 0 Å². The third-order valence-corrected chi connectivity index (χ3v) is 5.07. The molecule has 0 unspecified atom stereocenters. The number of alkyl halides is 3. The van der Waals surface area contributed by atoms with Crippen molar-refractivity contribution < 1.29 is 27.5 Å². The first-order valence-electron chi connectivity index (χ1n) is 10.1. The van der Waals surface area contributed by atoms with Crippen molar-refractivity contribution in [1.82, 2.24) is 9.88 Å². The third-order valence-electron chi connectivity index (χ3n) is 5.07. The molecule has 1 N–H and O–H groups in total. The first-order valence-corrected chi connectivity index (χ1v) is 10.1. The highest BCUT2D eigenvalue weighted by Crippen LogP contribution is 2.30. The summed E-state index contributed by atoms with van der Waals surface area (Å²) in [7, 11) is 0.